The number of rotatable bonds is 2. The van der Waals surface area contributed by atoms with Gasteiger partial charge in [-0.2, -0.15) is 0 Å². The van der Waals surface area contributed by atoms with E-state index in [2.05, 4.69) is 22.6 Å². The van der Waals surface area contributed by atoms with E-state index in [0.29, 0.717) is 0 Å². The zero-order valence-electron chi connectivity index (χ0n) is 15.2. The number of aromatic nitrogens is 2. The summed E-state index contributed by atoms with van der Waals surface area (Å²) in [5.41, 5.74) is 3.20. The molecule has 4 rings (SSSR count). The summed E-state index contributed by atoms with van der Waals surface area (Å²) >= 11 is 4.02. The number of hydrogen-bond acceptors (Lipinski definition) is 4. The van der Waals surface area contributed by atoms with Crippen molar-refractivity contribution in [3.8, 4) is 11.1 Å². The molecule has 0 saturated heterocycles. The van der Waals surface area contributed by atoms with Crippen LogP contribution in [0, 0.1) is 10.1 Å². The molecule has 2 heterocycles. The molecule has 0 spiro atoms. The minimum absolute atomic E-state index is 0.110. The number of H-pyrrole nitrogens is 1. The molecule has 27 heavy (non-hydrogen) atoms. The van der Waals surface area contributed by atoms with Crippen LogP contribution in [0.15, 0.2) is 84.1 Å². The lowest BCUT2D eigenvalue weighted by atomic mass is 10.0. The van der Waals surface area contributed by atoms with Crippen molar-refractivity contribution in [2.45, 2.75) is 18.7 Å². The third kappa shape index (κ3) is 5.43. The van der Waals surface area contributed by atoms with Gasteiger partial charge in [0.05, 0.1) is 4.92 Å². The van der Waals surface area contributed by atoms with E-state index in [1.165, 1.54) is 12.1 Å². The van der Waals surface area contributed by atoms with Crippen LogP contribution in [0.1, 0.15) is 13.8 Å². The molecule has 4 aromatic rings. The number of aromatic amines is 1. The van der Waals surface area contributed by atoms with Crippen LogP contribution in [0.2, 0.25) is 0 Å². The highest BCUT2D eigenvalue weighted by molar-refractivity contribution is 7.80. The van der Waals surface area contributed by atoms with Gasteiger partial charge < -0.3 is 4.98 Å². The molecule has 0 fully saturated rings. The number of nitro benzene ring substituents is 1. The van der Waals surface area contributed by atoms with Crippen molar-refractivity contribution in [3.05, 3.63) is 89.4 Å². The summed E-state index contributed by atoms with van der Waals surface area (Å²) < 4.78 is 0. The fourth-order valence-corrected chi connectivity index (χ4v) is 2.58. The molecule has 138 valence electrons. The molecule has 0 aliphatic carbocycles. The van der Waals surface area contributed by atoms with Crippen molar-refractivity contribution < 1.29 is 4.92 Å². The Labute approximate surface area is 163 Å². The van der Waals surface area contributed by atoms with Crippen LogP contribution >= 0.6 is 12.6 Å². The number of benzene rings is 2. The van der Waals surface area contributed by atoms with Crippen LogP contribution < -0.4 is 0 Å². The molecule has 6 heteroatoms. The number of nitrogens with one attached hydrogen (secondary N) is 1. The smallest absolute Gasteiger partial charge is 0.269 e. The number of nitro groups is 1. The third-order valence-corrected chi connectivity index (χ3v) is 3.89. The zero-order chi connectivity index (χ0) is 19.6. The van der Waals surface area contributed by atoms with Gasteiger partial charge in [0.1, 0.15) is 0 Å². The molecule has 0 aliphatic heterocycles. The first kappa shape index (κ1) is 20.2. The Bertz CT molecular complexity index is 983. The predicted octanol–water partition coefficient (Wildman–Crippen LogP) is 6.14. The molecule has 5 nitrogen and oxygen atoms in total. The first-order valence-electron chi connectivity index (χ1n) is 8.55. The minimum atomic E-state index is -0.390. The molecular weight excluding hydrogens is 358 g/mol. The topological polar surface area (TPSA) is 71.8 Å². The first-order chi connectivity index (χ1) is 13.1. The van der Waals surface area contributed by atoms with Crippen molar-refractivity contribution in [3.63, 3.8) is 0 Å². The van der Waals surface area contributed by atoms with E-state index in [0.717, 1.165) is 26.9 Å². The molecule has 0 unspecified atom stereocenters. The minimum Gasteiger partial charge on any atom is -0.361 e. The molecule has 0 bridgehead atoms. The fourth-order valence-electron chi connectivity index (χ4n) is 2.43. The standard InChI is InChI=1S/C14H10N2O2.C5H5NS.C2H6/c17-16(18)11-7-5-10(6-8-11)13-9-15-14-4-2-1-3-12(13)14;7-5-2-1-3-6-4-5;1-2/h1-9,15H;1-4,7H;1-2H3. The second-order valence-corrected chi connectivity index (χ2v) is 5.78. The van der Waals surface area contributed by atoms with Gasteiger partial charge in [-0.05, 0) is 35.9 Å². The summed E-state index contributed by atoms with van der Waals surface area (Å²) in [6.45, 7) is 4.00. The summed E-state index contributed by atoms with van der Waals surface area (Å²) in [6, 6.07) is 18.3. The van der Waals surface area contributed by atoms with Crippen LogP contribution in [0.5, 0.6) is 0 Å². The predicted molar refractivity (Wildman–Crippen MR) is 113 cm³/mol. The van der Waals surface area contributed by atoms with Gasteiger partial charge in [-0.1, -0.05) is 32.0 Å². The second kappa shape index (κ2) is 10.1. The maximum Gasteiger partial charge on any atom is 0.269 e. The van der Waals surface area contributed by atoms with Crippen LogP contribution in [-0.2, 0) is 0 Å². The summed E-state index contributed by atoms with van der Waals surface area (Å²) in [4.78, 5) is 18.1. The Hall–Kier alpha value is -3.12. The van der Waals surface area contributed by atoms with Gasteiger partial charge in [-0.25, -0.2) is 0 Å². The number of non-ortho nitro benzene ring substituents is 1. The number of nitrogens with zero attached hydrogens (tertiary/aromatic N) is 2. The van der Waals surface area contributed by atoms with Gasteiger partial charge in [0.25, 0.3) is 5.69 Å². The third-order valence-electron chi connectivity index (χ3n) is 3.62. The van der Waals surface area contributed by atoms with Gasteiger partial charge in [0.15, 0.2) is 0 Å². The number of pyridine rings is 1. The highest BCUT2D eigenvalue weighted by atomic mass is 32.1. The highest BCUT2D eigenvalue weighted by Gasteiger charge is 2.08. The lowest BCUT2D eigenvalue weighted by Gasteiger charge is -1.99. The van der Waals surface area contributed by atoms with E-state index in [1.54, 1.807) is 24.5 Å². The lowest BCUT2D eigenvalue weighted by Crippen LogP contribution is -1.86. The fraction of sp³-hybridized carbons (Fsp3) is 0.0952. The summed E-state index contributed by atoms with van der Waals surface area (Å²) in [5.74, 6) is 0. The first-order valence-corrected chi connectivity index (χ1v) is 9.00. The Morgan fingerprint density at radius 3 is 2.26 bits per heavy atom. The van der Waals surface area contributed by atoms with Crippen LogP contribution in [0.4, 0.5) is 5.69 Å². The van der Waals surface area contributed by atoms with Crippen LogP contribution in [0.25, 0.3) is 22.0 Å². The Kier molecular flexibility index (Phi) is 7.58. The molecular formula is C21H21N3O2S. The molecule has 2 aromatic heterocycles. The van der Waals surface area contributed by atoms with Crippen molar-refractivity contribution in [1.82, 2.24) is 9.97 Å². The van der Waals surface area contributed by atoms with Crippen molar-refractivity contribution >= 4 is 29.2 Å². The Morgan fingerprint density at radius 1 is 1.00 bits per heavy atom. The average molecular weight is 379 g/mol. The molecule has 0 saturated carbocycles. The van der Waals surface area contributed by atoms with Gasteiger partial charge in [0, 0.05) is 52.1 Å². The van der Waals surface area contributed by atoms with Crippen molar-refractivity contribution in [2.24, 2.45) is 0 Å². The Morgan fingerprint density at radius 2 is 1.70 bits per heavy atom. The molecule has 0 aliphatic rings. The number of hydrogen-bond donors (Lipinski definition) is 2. The van der Waals surface area contributed by atoms with Gasteiger partial charge in [-0.15, -0.1) is 12.6 Å². The van der Waals surface area contributed by atoms with Gasteiger partial charge >= 0.3 is 0 Å². The average Bonchev–Trinajstić information content (AvgIpc) is 3.15. The monoisotopic (exact) mass is 379 g/mol. The SMILES string of the molecule is CC.O=[N+]([O-])c1ccc(-c2c[nH]c3ccccc23)cc1.Sc1cccnc1. The van der Waals surface area contributed by atoms with E-state index in [9.17, 15) is 10.1 Å². The van der Waals surface area contributed by atoms with Crippen LogP contribution in [-0.4, -0.2) is 14.9 Å². The lowest BCUT2D eigenvalue weighted by molar-refractivity contribution is -0.384. The normalized spacial score (nSPS) is 9.59. The van der Waals surface area contributed by atoms with Crippen molar-refractivity contribution in [2.75, 3.05) is 0 Å². The molecule has 1 N–H and O–H groups in total. The van der Waals surface area contributed by atoms with Gasteiger partial charge in [0.2, 0.25) is 0 Å². The second-order valence-electron chi connectivity index (χ2n) is 5.26. The summed E-state index contributed by atoms with van der Waals surface area (Å²) in [7, 11) is 0. The van der Waals surface area contributed by atoms with E-state index in [1.807, 2.05) is 56.4 Å². The largest absolute Gasteiger partial charge is 0.361 e. The summed E-state index contributed by atoms with van der Waals surface area (Å²) in [5, 5.41) is 11.7. The van der Waals surface area contributed by atoms with Crippen LogP contribution in [0.3, 0.4) is 0 Å². The van der Waals surface area contributed by atoms with E-state index in [4.69, 9.17) is 0 Å². The van der Waals surface area contributed by atoms with Crippen molar-refractivity contribution in [1.29, 1.82) is 0 Å². The highest BCUT2D eigenvalue weighted by Crippen LogP contribution is 2.29. The quantitative estimate of drug-likeness (QED) is 0.250. The van der Waals surface area contributed by atoms with Gasteiger partial charge in [-0.3, -0.25) is 15.1 Å². The van der Waals surface area contributed by atoms with E-state index < -0.39 is 0 Å². The number of fused-ring (bicyclic) bond motifs is 1. The zero-order valence-corrected chi connectivity index (χ0v) is 16.1. The maximum atomic E-state index is 10.6. The molecule has 0 amide bonds. The number of para-hydroxylation sites is 1. The molecule has 2 aromatic carbocycles. The summed E-state index contributed by atoms with van der Waals surface area (Å²) in [6.07, 6.45) is 5.34. The Balaban J connectivity index is 0.000000244. The van der Waals surface area contributed by atoms with E-state index in [-0.39, 0.29) is 10.6 Å². The molecule has 0 atom stereocenters. The van der Waals surface area contributed by atoms with E-state index >= 15 is 0 Å². The maximum absolute atomic E-state index is 10.6. The number of thiol groups is 1. The molecule has 0 radical (unpaired) electrons.